The largest absolute Gasteiger partial charge is 0.344 e. The highest BCUT2D eigenvalue weighted by Crippen LogP contribution is 2.29. The van der Waals surface area contributed by atoms with Crippen LogP contribution in [0.3, 0.4) is 0 Å². The minimum atomic E-state index is -0.686. The van der Waals surface area contributed by atoms with Crippen molar-refractivity contribution in [3.8, 4) is 0 Å². The molecule has 0 fully saturated rings. The maximum absolute atomic E-state index is 12.1. The van der Waals surface area contributed by atoms with E-state index < -0.39 is 11.8 Å². The van der Waals surface area contributed by atoms with Crippen LogP contribution in [-0.4, -0.2) is 11.8 Å². The Labute approximate surface area is 147 Å². The van der Waals surface area contributed by atoms with Crippen molar-refractivity contribution in [2.75, 3.05) is 5.32 Å². The minimum absolute atomic E-state index is 0.138. The third-order valence-corrected chi connectivity index (χ3v) is 3.77. The van der Waals surface area contributed by atoms with Crippen LogP contribution in [0.2, 0.25) is 5.02 Å². The van der Waals surface area contributed by atoms with Gasteiger partial charge in [0.05, 0.1) is 0 Å². The lowest BCUT2D eigenvalue weighted by molar-refractivity contribution is -0.136. The number of benzene rings is 2. The molecular weight excluding hydrogens is 324 g/mol. The normalized spacial score (nSPS) is 11.0. The molecule has 2 N–H and O–H groups in total. The fourth-order valence-electron chi connectivity index (χ4n) is 2.33. The molecule has 0 aliphatic heterocycles. The van der Waals surface area contributed by atoms with Gasteiger partial charge in [-0.3, -0.25) is 9.59 Å². The van der Waals surface area contributed by atoms with Gasteiger partial charge in [-0.1, -0.05) is 62.7 Å². The molecule has 0 saturated carbocycles. The van der Waals surface area contributed by atoms with Gasteiger partial charge >= 0.3 is 11.8 Å². The van der Waals surface area contributed by atoms with Crippen molar-refractivity contribution in [3.63, 3.8) is 0 Å². The third-order valence-electron chi connectivity index (χ3n) is 3.53. The van der Waals surface area contributed by atoms with E-state index in [-0.39, 0.29) is 12.0 Å². The van der Waals surface area contributed by atoms with Gasteiger partial charge < -0.3 is 10.6 Å². The lowest BCUT2D eigenvalue weighted by Gasteiger charge is -2.22. The number of hydrogen-bond donors (Lipinski definition) is 2. The number of para-hydroxylation sites is 1. The van der Waals surface area contributed by atoms with Crippen LogP contribution in [0.5, 0.6) is 0 Å². The number of halogens is 1. The van der Waals surface area contributed by atoms with E-state index in [1.54, 1.807) is 24.3 Å². The van der Waals surface area contributed by atoms with Gasteiger partial charge in [-0.15, -0.1) is 0 Å². The van der Waals surface area contributed by atoms with Crippen LogP contribution in [0, 0.1) is 0 Å². The van der Waals surface area contributed by atoms with Crippen LogP contribution in [0.1, 0.15) is 31.9 Å². The van der Waals surface area contributed by atoms with Gasteiger partial charge in [-0.2, -0.15) is 0 Å². The number of rotatable bonds is 3. The summed E-state index contributed by atoms with van der Waals surface area (Å²) in [5, 5.41) is 5.87. The zero-order valence-corrected chi connectivity index (χ0v) is 14.8. The molecule has 4 nitrogen and oxygen atoms in total. The molecular formula is C19H21ClN2O2. The number of amides is 2. The van der Waals surface area contributed by atoms with Crippen molar-refractivity contribution < 1.29 is 9.59 Å². The summed E-state index contributed by atoms with van der Waals surface area (Å²) in [6.45, 7) is 6.40. The quantitative estimate of drug-likeness (QED) is 0.830. The molecule has 24 heavy (non-hydrogen) atoms. The summed E-state index contributed by atoms with van der Waals surface area (Å²) in [6.07, 6.45) is 0. The van der Waals surface area contributed by atoms with Crippen LogP contribution < -0.4 is 10.6 Å². The summed E-state index contributed by atoms with van der Waals surface area (Å²) in [4.78, 5) is 24.1. The minimum Gasteiger partial charge on any atom is -0.344 e. The summed E-state index contributed by atoms with van der Waals surface area (Å²) in [5.41, 5.74) is 2.31. The van der Waals surface area contributed by atoms with Gasteiger partial charge in [-0.05, 0) is 34.7 Å². The SMILES string of the molecule is CC(C)(C)c1ccccc1NC(=O)C(=O)NCc1cccc(Cl)c1. The van der Waals surface area contributed by atoms with Gasteiger partial charge in [0, 0.05) is 17.3 Å². The molecule has 0 spiro atoms. The Bertz CT molecular complexity index is 751. The zero-order valence-electron chi connectivity index (χ0n) is 14.0. The first kappa shape index (κ1) is 18.0. The molecule has 0 unspecified atom stereocenters. The first-order valence-electron chi connectivity index (χ1n) is 7.70. The Morgan fingerprint density at radius 2 is 1.71 bits per heavy atom. The van der Waals surface area contributed by atoms with Crippen molar-refractivity contribution in [1.29, 1.82) is 0 Å². The van der Waals surface area contributed by atoms with Crippen LogP contribution >= 0.6 is 11.6 Å². The molecule has 0 aromatic heterocycles. The average molecular weight is 345 g/mol. The van der Waals surface area contributed by atoms with Gasteiger partial charge in [0.15, 0.2) is 0 Å². The molecule has 2 aromatic carbocycles. The summed E-state index contributed by atoms with van der Waals surface area (Å²) in [5.74, 6) is -1.37. The maximum atomic E-state index is 12.1. The molecule has 0 radical (unpaired) electrons. The van der Waals surface area contributed by atoms with E-state index >= 15 is 0 Å². The Kier molecular flexibility index (Phi) is 5.62. The molecule has 0 bridgehead atoms. The van der Waals surface area contributed by atoms with E-state index in [0.717, 1.165) is 11.1 Å². The fraction of sp³-hybridized carbons (Fsp3) is 0.263. The lowest BCUT2D eigenvalue weighted by Crippen LogP contribution is -2.35. The second-order valence-electron chi connectivity index (χ2n) is 6.56. The van der Waals surface area contributed by atoms with Crippen molar-refractivity contribution in [3.05, 3.63) is 64.7 Å². The first-order valence-corrected chi connectivity index (χ1v) is 8.08. The number of anilines is 1. The van der Waals surface area contributed by atoms with Gasteiger partial charge in [0.1, 0.15) is 0 Å². The maximum Gasteiger partial charge on any atom is 0.313 e. The molecule has 0 aliphatic rings. The average Bonchev–Trinajstić information content (AvgIpc) is 2.52. The summed E-state index contributed by atoms with van der Waals surface area (Å²) in [6, 6.07) is 14.6. The van der Waals surface area contributed by atoms with E-state index in [4.69, 9.17) is 11.6 Å². The number of nitrogens with one attached hydrogen (secondary N) is 2. The molecule has 2 amide bonds. The standard InChI is InChI=1S/C19H21ClN2O2/c1-19(2,3)15-9-4-5-10-16(15)22-18(24)17(23)21-12-13-7-6-8-14(20)11-13/h4-11H,12H2,1-3H3,(H,21,23)(H,22,24). The van der Waals surface area contributed by atoms with Crippen LogP contribution in [0.4, 0.5) is 5.69 Å². The van der Waals surface area contributed by atoms with Crippen LogP contribution in [0.15, 0.2) is 48.5 Å². The lowest BCUT2D eigenvalue weighted by atomic mass is 9.86. The van der Waals surface area contributed by atoms with Crippen molar-refractivity contribution in [1.82, 2.24) is 5.32 Å². The van der Waals surface area contributed by atoms with Crippen molar-refractivity contribution in [2.45, 2.75) is 32.7 Å². The van der Waals surface area contributed by atoms with Crippen LogP contribution in [-0.2, 0) is 21.5 Å². The molecule has 0 heterocycles. The fourth-order valence-corrected chi connectivity index (χ4v) is 2.55. The zero-order chi connectivity index (χ0) is 17.7. The summed E-state index contributed by atoms with van der Waals surface area (Å²) < 4.78 is 0. The molecule has 5 heteroatoms. The topological polar surface area (TPSA) is 58.2 Å². The smallest absolute Gasteiger partial charge is 0.313 e. The molecule has 126 valence electrons. The number of carbonyl (C=O) groups excluding carboxylic acids is 2. The van der Waals surface area contributed by atoms with Crippen LogP contribution in [0.25, 0.3) is 0 Å². The highest BCUT2D eigenvalue weighted by molar-refractivity contribution is 6.39. The summed E-state index contributed by atoms with van der Waals surface area (Å²) >= 11 is 5.90. The van der Waals surface area contributed by atoms with Gasteiger partial charge in [-0.25, -0.2) is 0 Å². The molecule has 0 aliphatic carbocycles. The predicted octanol–water partition coefficient (Wildman–Crippen LogP) is 3.89. The van der Waals surface area contributed by atoms with Crippen molar-refractivity contribution >= 4 is 29.1 Å². The second kappa shape index (κ2) is 7.49. The Morgan fingerprint density at radius 1 is 1.00 bits per heavy atom. The third kappa shape index (κ3) is 4.83. The molecule has 0 atom stereocenters. The second-order valence-corrected chi connectivity index (χ2v) is 7.00. The van der Waals surface area contributed by atoms with Gasteiger partial charge in [0.2, 0.25) is 0 Å². The number of carbonyl (C=O) groups is 2. The highest BCUT2D eigenvalue weighted by atomic mass is 35.5. The summed E-state index contributed by atoms with van der Waals surface area (Å²) in [7, 11) is 0. The Balaban J connectivity index is 2.01. The first-order chi connectivity index (χ1) is 11.3. The van der Waals surface area contributed by atoms with E-state index in [9.17, 15) is 9.59 Å². The monoisotopic (exact) mass is 344 g/mol. The Morgan fingerprint density at radius 3 is 2.38 bits per heavy atom. The highest BCUT2D eigenvalue weighted by Gasteiger charge is 2.20. The number of hydrogen-bond acceptors (Lipinski definition) is 2. The van der Waals surface area contributed by atoms with Gasteiger partial charge in [0.25, 0.3) is 0 Å². The predicted molar refractivity (Wildman–Crippen MR) is 97.1 cm³/mol. The van der Waals surface area contributed by atoms with E-state index in [1.165, 1.54) is 0 Å². The molecule has 0 saturated heterocycles. The van der Waals surface area contributed by atoms with E-state index in [1.807, 2.05) is 24.3 Å². The van der Waals surface area contributed by atoms with E-state index in [0.29, 0.717) is 10.7 Å². The van der Waals surface area contributed by atoms with E-state index in [2.05, 4.69) is 31.4 Å². The Hall–Kier alpha value is -2.33. The molecule has 2 rings (SSSR count). The molecule has 2 aromatic rings. The van der Waals surface area contributed by atoms with Crippen molar-refractivity contribution in [2.24, 2.45) is 0 Å².